The van der Waals surface area contributed by atoms with Crippen molar-refractivity contribution in [3.63, 3.8) is 0 Å². The molecule has 0 bridgehead atoms. The minimum Gasteiger partial charge on any atom is -0.434 e. The van der Waals surface area contributed by atoms with Crippen LogP contribution in [0.1, 0.15) is 32.1 Å². The Labute approximate surface area is 145 Å². The number of nitro groups is 1. The first-order chi connectivity index (χ1) is 12.1. The van der Waals surface area contributed by atoms with Gasteiger partial charge in [0.1, 0.15) is 5.75 Å². The molecule has 0 N–H and O–H groups in total. The fraction of sp³-hybridized carbons (Fsp3) is 0.588. The summed E-state index contributed by atoms with van der Waals surface area (Å²) in [5.41, 5.74) is -0.0639. The molecule has 8 heteroatoms. The number of nitro benzene ring substituents is 1. The van der Waals surface area contributed by atoms with E-state index in [9.17, 15) is 14.9 Å². The molecule has 1 spiro atoms. The van der Waals surface area contributed by atoms with Crippen molar-refractivity contribution in [2.24, 2.45) is 5.92 Å². The third kappa shape index (κ3) is 4.67. The van der Waals surface area contributed by atoms with Crippen LogP contribution in [0.5, 0.6) is 5.75 Å². The average molecular weight is 351 g/mol. The van der Waals surface area contributed by atoms with Crippen LogP contribution in [0.4, 0.5) is 10.5 Å². The Morgan fingerprint density at radius 3 is 2.44 bits per heavy atom. The molecular formula is C17H21NO7. The van der Waals surface area contributed by atoms with E-state index in [0.29, 0.717) is 19.1 Å². The van der Waals surface area contributed by atoms with Crippen molar-refractivity contribution in [3.8, 4) is 5.75 Å². The highest BCUT2D eigenvalue weighted by Crippen LogP contribution is 2.39. The van der Waals surface area contributed by atoms with E-state index in [-0.39, 0.29) is 23.8 Å². The van der Waals surface area contributed by atoms with Gasteiger partial charge in [-0.3, -0.25) is 10.1 Å². The summed E-state index contributed by atoms with van der Waals surface area (Å²) in [4.78, 5) is 21.7. The topological polar surface area (TPSA) is 97.1 Å². The summed E-state index contributed by atoms with van der Waals surface area (Å²) in [6.45, 7) is 1.62. The maximum absolute atomic E-state index is 11.7. The Kier molecular flexibility index (Phi) is 5.50. The Hall–Kier alpha value is -2.19. The van der Waals surface area contributed by atoms with Crippen molar-refractivity contribution < 1.29 is 28.7 Å². The Balaban J connectivity index is 1.35. The van der Waals surface area contributed by atoms with Crippen LogP contribution in [0.25, 0.3) is 0 Å². The second kappa shape index (κ2) is 7.79. The zero-order valence-electron chi connectivity index (χ0n) is 13.8. The fourth-order valence-electron chi connectivity index (χ4n) is 3.26. The summed E-state index contributed by atoms with van der Waals surface area (Å²) < 4.78 is 21.5. The highest BCUT2D eigenvalue weighted by atomic mass is 16.7. The van der Waals surface area contributed by atoms with Gasteiger partial charge in [-0.2, -0.15) is 0 Å². The molecular weight excluding hydrogens is 330 g/mol. The van der Waals surface area contributed by atoms with E-state index in [1.165, 1.54) is 24.3 Å². The van der Waals surface area contributed by atoms with Crippen LogP contribution in [-0.2, 0) is 14.2 Å². The maximum Gasteiger partial charge on any atom is 0.513 e. The molecule has 136 valence electrons. The molecule has 0 amide bonds. The number of hydrogen-bond acceptors (Lipinski definition) is 7. The van der Waals surface area contributed by atoms with Gasteiger partial charge in [0.25, 0.3) is 5.69 Å². The van der Waals surface area contributed by atoms with Crippen LogP contribution in [-0.4, -0.2) is 36.7 Å². The van der Waals surface area contributed by atoms with Gasteiger partial charge >= 0.3 is 6.16 Å². The van der Waals surface area contributed by atoms with Gasteiger partial charge in [-0.1, -0.05) is 0 Å². The largest absolute Gasteiger partial charge is 0.513 e. The van der Waals surface area contributed by atoms with Gasteiger partial charge in [0, 0.05) is 25.0 Å². The van der Waals surface area contributed by atoms with Crippen LogP contribution in [0, 0.1) is 16.0 Å². The number of non-ortho nitro benzene ring substituents is 1. The summed E-state index contributed by atoms with van der Waals surface area (Å²) in [6, 6.07) is 5.27. The third-order valence-electron chi connectivity index (χ3n) is 4.68. The van der Waals surface area contributed by atoms with Gasteiger partial charge in [-0.05, 0) is 37.3 Å². The molecule has 0 atom stereocenters. The lowest BCUT2D eigenvalue weighted by Crippen LogP contribution is -2.35. The molecule has 25 heavy (non-hydrogen) atoms. The van der Waals surface area contributed by atoms with E-state index in [1.54, 1.807) is 0 Å². The third-order valence-corrected chi connectivity index (χ3v) is 4.68. The van der Waals surface area contributed by atoms with Gasteiger partial charge in [0.15, 0.2) is 5.79 Å². The predicted molar refractivity (Wildman–Crippen MR) is 86.3 cm³/mol. The fourth-order valence-corrected chi connectivity index (χ4v) is 3.26. The number of rotatable bonds is 5. The molecule has 1 heterocycles. The number of carbonyl (C=O) groups excluding carboxylic acids is 1. The summed E-state index contributed by atoms with van der Waals surface area (Å²) >= 11 is 0. The lowest BCUT2D eigenvalue weighted by atomic mass is 9.83. The molecule has 2 aliphatic rings. The molecule has 8 nitrogen and oxygen atoms in total. The van der Waals surface area contributed by atoms with E-state index in [0.717, 1.165) is 32.1 Å². The first-order valence-electron chi connectivity index (χ1n) is 8.43. The van der Waals surface area contributed by atoms with Crippen LogP contribution in [0.15, 0.2) is 24.3 Å². The van der Waals surface area contributed by atoms with Crippen molar-refractivity contribution in [2.45, 2.75) is 37.9 Å². The molecule has 1 aromatic rings. The zero-order valence-corrected chi connectivity index (χ0v) is 13.8. The molecule has 1 aromatic carbocycles. The Morgan fingerprint density at radius 2 is 1.84 bits per heavy atom. The summed E-state index contributed by atoms with van der Waals surface area (Å²) in [6.07, 6.45) is 3.70. The smallest absolute Gasteiger partial charge is 0.434 e. The lowest BCUT2D eigenvalue weighted by Gasteiger charge is -2.35. The quantitative estimate of drug-likeness (QED) is 0.347. The second-order valence-electron chi connectivity index (χ2n) is 6.29. The molecule has 0 aromatic heterocycles. The van der Waals surface area contributed by atoms with E-state index in [1.807, 2.05) is 0 Å². The normalized spacial score (nSPS) is 19.7. The molecule has 2 fully saturated rings. The molecule has 1 saturated heterocycles. The van der Waals surface area contributed by atoms with Gasteiger partial charge in [0.2, 0.25) is 0 Å². The monoisotopic (exact) mass is 351 g/mol. The summed E-state index contributed by atoms with van der Waals surface area (Å²) in [5, 5.41) is 10.6. The minimum atomic E-state index is -0.802. The van der Waals surface area contributed by atoms with Crippen LogP contribution >= 0.6 is 0 Å². The Bertz CT molecular complexity index is 600. The SMILES string of the molecule is O=C(OCCC1CCC2(CC1)OCCO2)Oc1ccc([N+](=O)[O-])cc1. The van der Waals surface area contributed by atoms with Gasteiger partial charge in [-0.15, -0.1) is 0 Å². The zero-order chi connectivity index (χ0) is 17.7. The van der Waals surface area contributed by atoms with E-state index in [4.69, 9.17) is 18.9 Å². The number of benzene rings is 1. The van der Waals surface area contributed by atoms with Crippen molar-refractivity contribution in [1.29, 1.82) is 0 Å². The maximum atomic E-state index is 11.7. The Morgan fingerprint density at radius 1 is 1.20 bits per heavy atom. The minimum absolute atomic E-state index is 0.0639. The van der Waals surface area contributed by atoms with E-state index in [2.05, 4.69) is 0 Å². The van der Waals surface area contributed by atoms with Crippen molar-refractivity contribution in [2.75, 3.05) is 19.8 Å². The summed E-state index contributed by atoms with van der Waals surface area (Å²) in [7, 11) is 0. The van der Waals surface area contributed by atoms with E-state index < -0.39 is 11.1 Å². The highest BCUT2D eigenvalue weighted by molar-refractivity contribution is 5.63. The van der Waals surface area contributed by atoms with Crippen molar-refractivity contribution in [1.82, 2.24) is 0 Å². The predicted octanol–water partition coefficient (Wildman–Crippen LogP) is 3.43. The second-order valence-corrected chi connectivity index (χ2v) is 6.29. The van der Waals surface area contributed by atoms with Gasteiger partial charge < -0.3 is 18.9 Å². The van der Waals surface area contributed by atoms with Crippen molar-refractivity contribution >= 4 is 11.8 Å². The average Bonchev–Trinajstić information content (AvgIpc) is 3.05. The first kappa shape index (κ1) is 17.6. The number of ether oxygens (including phenoxy) is 4. The van der Waals surface area contributed by atoms with Crippen LogP contribution in [0.2, 0.25) is 0 Å². The standard InChI is InChI=1S/C17H21NO7/c19-16(25-15-3-1-14(2-4-15)18(20)21)22-10-7-13-5-8-17(9-6-13)23-11-12-24-17/h1-4,13H,5-12H2. The molecule has 1 saturated carbocycles. The van der Waals surface area contributed by atoms with E-state index >= 15 is 0 Å². The molecule has 0 unspecified atom stereocenters. The number of nitrogens with zero attached hydrogens (tertiary/aromatic N) is 1. The first-order valence-corrected chi connectivity index (χ1v) is 8.43. The number of carbonyl (C=O) groups is 1. The molecule has 0 radical (unpaired) electrons. The van der Waals surface area contributed by atoms with Crippen molar-refractivity contribution in [3.05, 3.63) is 34.4 Å². The molecule has 3 rings (SSSR count). The highest BCUT2D eigenvalue weighted by Gasteiger charge is 2.40. The lowest BCUT2D eigenvalue weighted by molar-refractivity contribution is -0.384. The molecule has 1 aliphatic carbocycles. The van der Waals surface area contributed by atoms with Gasteiger partial charge in [0.05, 0.1) is 24.7 Å². The molecule has 1 aliphatic heterocycles. The van der Waals surface area contributed by atoms with Crippen LogP contribution in [0.3, 0.4) is 0 Å². The van der Waals surface area contributed by atoms with Crippen LogP contribution < -0.4 is 4.74 Å². The summed E-state index contributed by atoms with van der Waals surface area (Å²) in [5.74, 6) is 0.322. The van der Waals surface area contributed by atoms with Gasteiger partial charge in [-0.25, -0.2) is 4.79 Å². The number of hydrogen-bond donors (Lipinski definition) is 0.